The van der Waals surface area contributed by atoms with Crippen LogP contribution >= 0.6 is 0 Å². The van der Waals surface area contributed by atoms with Crippen LogP contribution in [0.4, 0.5) is 0 Å². The molecule has 1 atom stereocenters. The predicted molar refractivity (Wildman–Crippen MR) is 96.6 cm³/mol. The van der Waals surface area contributed by atoms with Gasteiger partial charge in [-0.3, -0.25) is 4.79 Å². The quantitative estimate of drug-likeness (QED) is 0.753. The molecule has 2 aromatic carbocycles. The van der Waals surface area contributed by atoms with Gasteiger partial charge < -0.3 is 9.59 Å². The molecule has 1 aromatic heterocycles. The summed E-state index contributed by atoms with van der Waals surface area (Å²) in [5.74, 6) is 0. The van der Waals surface area contributed by atoms with Crippen molar-refractivity contribution in [1.82, 2.24) is 4.57 Å². The number of hydrogen-bond acceptors (Lipinski definition) is 2. The van der Waals surface area contributed by atoms with Crippen LogP contribution in [-0.4, -0.2) is 16.5 Å². The zero-order valence-corrected chi connectivity index (χ0v) is 13.4. The first-order valence-electron chi connectivity index (χ1n) is 7.99. The number of rotatable bonds is 4. The predicted octanol–water partition coefficient (Wildman–Crippen LogP) is 2.82. The van der Waals surface area contributed by atoms with Crippen molar-refractivity contribution < 1.29 is 5.02 Å². The molecule has 4 heteroatoms. The van der Waals surface area contributed by atoms with Crippen LogP contribution in [0.3, 0.4) is 0 Å². The van der Waals surface area contributed by atoms with E-state index in [1.807, 2.05) is 74.6 Å². The standard InChI is InChI=1S/C19H20BNO2/c1-3-20(23)17-9-10-18-16(13-17)11-12-21(19(18)22)14(2)15-7-5-4-6-8-15/h4-14,23H,3H2,1-2H3. The Kier molecular flexibility index (Phi) is 4.35. The Bertz CT molecular complexity index is 873. The first-order valence-corrected chi connectivity index (χ1v) is 7.99. The third-order valence-corrected chi connectivity index (χ3v) is 4.43. The molecule has 0 bridgehead atoms. The smallest absolute Gasteiger partial charge is 0.323 e. The largest absolute Gasteiger partial charge is 0.446 e. The molecule has 0 aliphatic carbocycles. The van der Waals surface area contributed by atoms with Crippen LogP contribution in [0.2, 0.25) is 6.32 Å². The van der Waals surface area contributed by atoms with Crippen molar-refractivity contribution >= 4 is 23.2 Å². The van der Waals surface area contributed by atoms with Crippen LogP contribution in [-0.2, 0) is 0 Å². The fourth-order valence-corrected chi connectivity index (χ4v) is 2.92. The van der Waals surface area contributed by atoms with E-state index in [1.165, 1.54) is 0 Å². The van der Waals surface area contributed by atoms with Crippen LogP contribution in [0.25, 0.3) is 10.8 Å². The molecule has 23 heavy (non-hydrogen) atoms. The van der Waals surface area contributed by atoms with Gasteiger partial charge in [0, 0.05) is 11.6 Å². The van der Waals surface area contributed by atoms with Gasteiger partial charge in [-0.15, -0.1) is 0 Å². The van der Waals surface area contributed by atoms with Crippen molar-refractivity contribution in [3.8, 4) is 0 Å². The van der Waals surface area contributed by atoms with Gasteiger partial charge >= 0.3 is 6.92 Å². The molecule has 0 aliphatic heterocycles. The van der Waals surface area contributed by atoms with Crippen LogP contribution in [0.1, 0.15) is 25.5 Å². The summed E-state index contributed by atoms with van der Waals surface area (Å²) in [6.07, 6.45) is 2.50. The van der Waals surface area contributed by atoms with Crippen molar-refractivity contribution in [3.05, 3.63) is 76.7 Å². The first kappa shape index (κ1) is 15.6. The second kappa shape index (κ2) is 6.43. The lowest BCUT2D eigenvalue weighted by Crippen LogP contribution is -2.29. The highest BCUT2D eigenvalue weighted by Crippen LogP contribution is 2.17. The van der Waals surface area contributed by atoms with Crippen LogP contribution in [0.5, 0.6) is 0 Å². The van der Waals surface area contributed by atoms with Gasteiger partial charge in [0.05, 0.1) is 6.04 Å². The normalized spacial score (nSPS) is 12.3. The second-order valence-electron chi connectivity index (χ2n) is 5.89. The monoisotopic (exact) mass is 305 g/mol. The third kappa shape index (κ3) is 2.95. The molecular formula is C19H20BNO2. The molecule has 3 aromatic rings. The van der Waals surface area contributed by atoms with Gasteiger partial charge in [-0.1, -0.05) is 49.4 Å². The van der Waals surface area contributed by atoms with E-state index < -0.39 is 6.92 Å². The number of nitrogens with zero attached hydrogens (tertiary/aromatic N) is 1. The van der Waals surface area contributed by atoms with Gasteiger partial charge in [0.1, 0.15) is 0 Å². The summed E-state index contributed by atoms with van der Waals surface area (Å²) in [5.41, 5.74) is 1.96. The van der Waals surface area contributed by atoms with Crippen LogP contribution < -0.4 is 11.0 Å². The number of fused-ring (bicyclic) bond motifs is 1. The van der Waals surface area contributed by atoms with Gasteiger partial charge in [0.25, 0.3) is 5.56 Å². The van der Waals surface area contributed by atoms with Gasteiger partial charge in [-0.2, -0.15) is 0 Å². The summed E-state index contributed by atoms with van der Waals surface area (Å²) in [4.78, 5) is 12.8. The minimum Gasteiger partial charge on any atom is -0.446 e. The minimum atomic E-state index is -0.481. The summed E-state index contributed by atoms with van der Waals surface area (Å²) in [5, 5.41) is 11.5. The van der Waals surface area contributed by atoms with E-state index in [0.29, 0.717) is 11.7 Å². The highest BCUT2D eigenvalue weighted by atomic mass is 16.2. The second-order valence-corrected chi connectivity index (χ2v) is 5.89. The Morgan fingerprint density at radius 2 is 1.87 bits per heavy atom. The molecule has 116 valence electrons. The van der Waals surface area contributed by atoms with Crippen LogP contribution in [0, 0.1) is 0 Å². The Morgan fingerprint density at radius 1 is 1.13 bits per heavy atom. The fraction of sp³-hybridized carbons (Fsp3) is 0.211. The van der Waals surface area contributed by atoms with E-state index in [4.69, 9.17) is 0 Å². The topological polar surface area (TPSA) is 42.2 Å². The zero-order chi connectivity index (χ0) is 16.4. The Hall–Kier alpha value is -2.33. The number of pyridine rings is 1. The zero-order valence-electron chi connectivity index (χ0n) is 13.4. The van der Waals surface area contributed by atoms with Crippen molar-refractivity contribution in [1.29, 1.82) is 0 Å². The van der Waals surface area contributed by atoms with E-state index in [9.17, 15) is 9.82 Å². The molecule has 0 radical (unpaired) electrons. The van der Waals surface area contributed by atoms with E-state index in [-0.39, 0.29) is 11.6 Å². The molecule has 0 saturated carbocycles. The number of hydrogen-bond donors (Lipinski definition) is 1. The number of aromatic nitrogens is 1. The highest BCUT2D eigenvalue weighted by Gasteiger charge is 2.14. The Labute approximate surface area is 136 Å². The van der Waals surface area contributed by atoms with E-state index in [2.05, 4.69) is 0 Å². The fourth-order valence-electron chi connectivity index (χ4n) is 2.92. The molecule has 3 rings (SSSR count). The van der Waals surface area contributed by atoms with E-state index >= 15 is 0 Å². The third-order valence-electron chi connectivity index (χ3n) is 4.43. The van der Waals surface area contributed by atoms with E-state index in [1.54, 1.807) is 4.57 Å². The van der Waals surface area contributed by atoms with Gasteiger partial charge in [-0.05, 0) is 41.8 Å². The first-order chi connectivity index (χ1) is 11.1. The molecule has 3 nitrogen and oxygen atoms in total. The van der Waals surface area contributed by atoms with Crippen molar-refractivity contribution in [2.45, 2.75) is 26.2 Å². The Balaban J connectivity index is 2.08. The SMILES string of the molecule is CCB(O)c1ccc2c(=O)n(C(C)c3ccccc3)ccc2c1. The lowest BCUT2D eigenvalue weighted by atomic mass is 9.59. The summed E-state index contributed by atoms with van der Waals surface area (Å²) < 4.78 is 1.76. The lowest BCUT2D eigenvalue weighted by molar-refractivity contribution is 0.586. The molecule has 0 aliphatic rings. The average Bonchev–Trinajstić information content (AvgIpc) is 2.61. The number of benzene rings is 2. The molecule has 0 fully saturated rings. The maximum absolute atomic E-state index is 12.8. The highest BCUT2D eigenvalue weighted by molar-refractivity contribution is 6.66. The minimum absolute atomic E-state index is 0.00334. The van der Waals surface area contributed by atoms with Gasteiger partial charge in [-0.25, -0.2) is 0 Å². The molecule has 0 amide bonds. The Morgan fingerprint density at radius 3 is 2.57 bits per heavy atom. The maximum atomic E-state index is 12.8. The van der Waals surface area contributed by atoms with Crippen molar-refractivity contribution in [2.24, 2.45) is 0 Å². The average molecular weight is 305 g/mol. The summed E-state index contributed by atoms with van der Waals surface area (Å²) >= 11 is 0. The van der Waals surface area contributed by atoms with Gasteiger partial charge in [0.15, 0.2) is 0 Å². The van der Waals surface area contributed by atoms with Crippen molar-refractivity contribution in [3.63, 3.8) is 0 Å². The van der Waals surface area contributed by atoms with E-state index in [0.717, 1.165) is 16.4 Å². The maximum Gasteiger partial charge on any atom is 0.323 e. The summed E-state index contributed by atoms with van der Waals surface area (Å²) in [6.45, 7) is 3.48. The molecule has 0 saturated heterocycles. The van der Waals surface area contributed by atoms with Crippen LogP contribution in [0.15, 0.2) is 65.6 Å². The molecule has 0 spiro atoms. The molecule has 1 unspecified atom stereocenters. The molecular weight excluding hydrogens is 285 g/mol. The summed E-state index contributed by atoms with van der Waals surface area (Å²) in [7, 11) is 0. The molecule has 1 N–H and O–H groups in total. The van der Waals surface area contributed by atoms with Crippen molar-refractivity contribution in [2.75, 3.05) is 0 Å². The summed E-state index contributed by atoms with van der Waals surface area (Å²) in [6, 6.07) is 17.5. The molecule has 1 heterocycles. The van der Waals surface area contributed by atoms with Gasteiger partial charge in [0.2, 0.25) is 0 Å². The lowest BCUT2D eigenvalue weighted by Gasteiger charge is -2.16.